The van der Waals surface area contributed by atoms with Gasteiger partial charge < -0.3 is 5.11 Å². The van der Waals surface area contributed by atoms with E-state index < -0.39 is 34.4 Å². The maximum Gasteiger partial charge on any atom is 0.404 e. The van der Waals surface area contributed by atoms with Gasteiger partial charge in [0.2, 0.25) is 5.24 Å². The molecule has 0 heterocycles. The van der Waals surface area contributed by atoms with Gasteiger partial charge in [0.05, 0.1) is 0 Å². The van der Waals surface area contributed by atoms with E-state index in [-0.39, 0.29) is 25.7 Å². The van der Waals surface area contributed by atoms with Crippen LogP contribution in [-0.2, 0) is 9.59 Å². The second-order valence-corrected chi connectivity index (χ2v) is 5.08. The normalized spacial score (nSPS) is 22.4. The van der Waals surface area contributed by atoms with Crippen LogP contribution in [0.5, 0.6) is 0 Å². The van der Waals surface area contributed by atoms with Gasteiger partial charge in [0.25, 0.3) is 0 Å². The van der Waals surface area contributed by atoms with Crippen LogP contribution in [0.1, 0.15) is 25.7 Å². The molecular formula is C10H9ClF6O3. The number of hydrogen-bond acceptors (Lipinski definition) is 2. The SMILES string of the molecule is O=C(Cl)C1(C(F)(F)F)CC1.O=C(O)C1(C(F)(F)F)CC1. The number of aliphatic carboxylic acids is 1. The van der Waals surface area contributed by atoms with Crippen molar-refractivity contribution < 1.29 is 41.0 Å². The molecule has 3 nitrogen and oxygen atoms in total. The Bertz CT molecular complexity index is 380. The fraction of sp³-hybridized carbons (Fsp3) is 0.800. The highest BCUT2D eigenvalue weighted by atomic mass is 35.5. The van der Waals surface area contributed by atoms with Crippen LogP contribution < -0.4 is 0 Å². The van der Waals surface area contributed by atoms with Crippen molar-refractivity contribution in [1.82, 2.24) is 0 Å². The van der Waals surface area contributed by atoms with Crippen LogP contribution in [0.15, 0.2) is 0 Å². The van der Waals surface area contributed by atoms with E-state index in [0.717, 1.165) is 0 Å². The zero-order chi connectivity index (χ0) is 16.0. The molecule has 2 aliphatic carbocycles. The first-order valence-corrected chi connectivity index (χ1v) is 5.75. The number of alkyl halides is 6. The van der Waals surface area contributed by atoms with E-state index in [9.17, 15) is 35.9 Å². The molecule has 0 saturated heterocycles. The Morgan fingerprint density at radius 2 is 1.15 bits per heavy atom. The monoisotopic (exact) mass is 326 g/mol. The Morgan fingerprint density at radius 1 is 0.850 bits per heavy atom. The van der Waals surface area contributed by atoms with Gasteiger partial charge >= 0.3 is 18.3 Å². The molecule has 116 valence electrons. The molecule has 2 fully saturated rings. The zero-order valence-corrected chi connectivity index (χ0v) is 10.5. The van der Waals surface area contributed by atoms with Gasteiger partial charge in [0.1, 0.15) is 5.41 Å². The van der Waals surface area contributed by atoms with Crippen LogP contribution >= 0.6 is 11.6 Å². The summed E-state index contributed by atoms with van der Waals surface area (Å²) in [7, 11) is 0. The third kappa shape index (κ3) is 2.87. The van der Waals surface area contributed by atoms with Crippen molar-refractivity contribution in [2.45, 2.75) is 38.0 Å². The number of carboxylic acid groups (broad SMARTS) is 1. The number of halogens is 7. The number of carbonyl (C=O) groups excluding carboxylic acids is 1. The van der Waals surface area contributed by atoms with E-state index in [4.69, 9.17) is 16.7 Å². The molecule has 0 radical (unpaired) electrons. The molecule has 0 aromatic heterocycles. The summed E-state index contributed by atoms with van der Waals surface area (Å²) in [6.45, 7) is 0. The van der Waals surface area contributed by atoms with Gasteiger partial charge in [0, 0.05) is 0 Å². The lowest BCUT2D eigenvalue weighted by Gasteiger charge is -2.13. The highest BCUT2D eigenvalue weighted by Crippen LogP contribution is 2.59. The Labute approximate surface area is 113 Å². The maximum atomic E-state index is 11.8. The van der Waals surface area contributed by atoms with Gasteiger partial charge in [-0.15, -0.1) is 0 Å². The molecule has 0 spiro atoms. The maximum absolute atomic E-state index is 11.8. The van der Waals surface area contributed by atoms with Crippen molar-refractivity contribution in [3.05, 3.63) is 0 Å². The molecule has 0 unspecified atom stereocenters. The highest BCUT2D eigenvalue weighted by Gasteiger charge is 2.69. The fourth-order valence-corrected chi connectivity index (χ4v) is 1.76. The summed E-state index contributed by atoms with van der Waals surface area (Å²) in [5, 5.41) is 6.84. The highest BCUT2D eigenvalue weighted by molar-refractivity contribution is 6.65. The fourth-order valence-electron chi connectivity index (χ4n) is 1.46. The standard InChI is InChI=1S/C5H4ClF3O.C5H5F3O2/c6-3(10)4(1-2-4)5(7,8)9;6-5(7,8)4(1-2-4)3(9)10/h1-2H2;1-2H2,(H,9,10). The van der Waals surface area contributed by atoms with Crippen molar-refractivity contribution in [3.8, 4) is 0 Å². The van der Waals surface area contributed by atoms with Crippen molar-refractivity contribution in [2.24, 2.45) is 10.8 Å². The average Bonchev–Trinajstić information content (AvgIpc) is 3.10. The number of carbonyl (C=O) groups is 2. The lowest BCUT2D eigenvalue weighted by molar-refractivity contribution is -0.202. The molecule has 2 aliphatic rings. The largest absolute Gasteiger partial charge is 0.481 e. The van der Waals surface area contributed by atoms with Crippen molar-refractivity contribution in [1.29, 1.82) is 0 Å². The van der Waals surface area contributed by atoms with Crippen LogP contribution in [0, 0.1) is 10.8 Å². The van der Waals surface area contributed by atoms with Crippen LogP contribution in [0.4, 0.5) is 26.3 Å². The van der Waals surface area contributed by atoms with Crippen LogP contribution in [0.3, 0.4) is 0 Å². The minimum absolute atomic E-state index is 0.154. The van der Waals surface area contributed by atoms with Gasteiger partial charge in [-0.1, -0.05) is 0 Å². The van der Waals surface area contributed by atoms with Crippen LogP contribution in [0.2, 0.25) is 0 Å². The Morgan fingerprint density at radius 3 is 1.15 bits per heavy atom. The average molecular weight is 327 g/mol. The summed E-state index contributed by atoms with van der Waals surface area (Å²) in [6, 6.07) is 0. The van der Waals surface area contributed by atoms with Crippen molar-refractivity contribution >= 4 is 22.8 Å². The minimum Gasteiger partial charge on any atom is -0.481 e. The van der Waals surface area contributed by atoms with E-state index in [2.05, 4.69) is 0 Å². The summed E-state index contributed by atoms with van der Waals surface area (Å²) in [6.07, 6.45) is -9.87. The molecule has 0 bridgehead atoms. The Kier molecular flexibility index (Phi) is 4.08. The molecule has 0 aliphatic heterocycles. The lowest BCUT2D eigenvalue weighted by Crippen LogP contribution is -2.32. The lowest BCUT2D eigenvalue weighted by atomic mass is 10.1. The topological polar surface area (TPSA) is 54.4 Å². The molecule has 0 atom stereocenters. The van der Waals surface area contributed by atoms with Gasteiger partial charge in [-0.3, -0.25) is 9.59 Å². The van der Waals surface area contributed by atoms with Gasteiger partial charge in [0.15, 0.2) is 5.41 Å². The van der Waals surface area contributed by atoms with E-state index in [1.165, 1.54) is 0 Å². The first-order valence-electron chi connectivity index (χ1n) is 5.37. The number of carboxylic acids is 1. The van der Waals surface area contributed by atoms with E-state index in [0.29, 0.717) is 0 Å². The summed E-state index contributed by atoms with van der Waals surface area (Å²) >= 11 is 4.76. The molecule has 20 heavy (non-hydrogen) atoms. The van der Waals surface area contributed by atoms with Gasteiger partial charge in [-0.25, -0.2) is 0 Å². The molecule has 2 saturated carbocycles. The first kappa shape index (κ1) is 17.1. The molecule has 2 rings (SSSR count). The second-order valence-electron chi connectivity index (χ2n) is 4.74. The molecule has 0 amide bonds. The quantitative estimate of drug-likeness (QED) is 0.624. The summed E-state index contributed by atoms with van der Waals surface area (Å²) in [5.74, 6) is -1.75. The predicted octanol–water partition coefficient (Wildman–Crippen LogP) is 3.51. The number of hydrogen-bond donors (Lipinski definition) is 1. The third-order valence-electron chi connectivity index (χ3n) is 3.37. The molecule has 0 aromatic rings. The van der Waals surface area contributed by atoms with E-state index >= 15 is 0 Å². The van der Waals surface area contributed by atoms with Crippen molar-refractivity contribution in [3.63, 3.8) is 0 Å². The minimum atomic E-state index is -4.57. The second kappa shape index (κ2) is 4.78. The first-order chi connectivity index (χ1) is 8.80. The van der Waals surface area contributed by atoms with Gasteiger partial charge in [-0.2, -0.15) is 26.3 Å². The molecule has 10 heteroatoms. The summed E-state index contributed by atoms with van der Waals surface area (Å²) in [4.78, 5) is 20.2. The summed E-state index contributed by atoms with van der Waals surface area (Å²) in [5.41, 5.74) is -4.58. The smallest absolute Gasteiger partial charge is 0.404 e. The van der Waals surface area contributed by atoms with Gasteiger partial charge in [-0.05, 0) is 37.3 Å². The zero-order valence-electron chi connectivity index (χ0n) is 9.74. The Balaban J connectivity index is 0.000000200. The van der Waals surface area contributed by atoms with Crippen molar-refractivity contribution in [2.75, 3.05) is 0 Å². The molecule has 1 N–H and O–H groups in total. The Hall–Kier alpha value is -0.990. The summed E-state index contributed by atoms with van der Waals surface area (Å²) < 4.78 is 70.8. The third-order valence-corrected chi connectivity index (χ3v) is 3.73. The van der Waals surface area contributed by atoms with Crippen LogP contribution in [0.25, 0.3) is 0 Å². The van der Waals surface area contributed by atoms with E-state index in [1.807, 2.05) is 0 Å². The molecular weight excluding hydrogens is 318 g/mol. The van der Waals surface area contributed by atoms with Crippen LogP contribution in [-0.4, -0.2) is 28.7 Å². The molecule has 0 aromatic carbocycles. The van der Waals surface area contributed by atoms with E-state index in [1.54, 1.807) is 0 Å². The number of rotatable bonds is 2. The predicted molar refractivity (Wildman–Crippen MR) is 53.9 cm³/mol.